The van der Waals surface area contributed by atoms with Crippen molar-refractivity contribution in [3.05, 3.63) is 59.3 Å². The Labute approximate surface area is 284 Å². The van der Waals surface area contributed by atoms with Gasteiger partial charge in [0.1, 0.15) is 11.4 Å². The zero-order chi connectivity index (χ0) is 34.1. The maximum absolute atomic E-state index is 14.0. The monoisotopic (exact) mass is 673 g/mol. The molecule has 0 saturated heterocycles. The first-order valence-electron chi connectivity index (χ1n) is 17.4. The average molecular weight is 674 g/mol. The van der Waals surface area contributed by atoms with Gasteiger partial charge in [-0.25, -0.2) is 13.1 Å². The molecule has 0 radical (unpaired) electrons. The van der Waals surface area contributed by atoms with Crippen molar-refractivity contribution in [2.75, 3.05) is 16.7 Å². The molecule has 2 saturated carbocycles. The molecule has 2 heterocycles. The predicted molar refractivity (Wildman–Crippen MR) is 187 cm³/mol. The smallest absolute Gasteiger partial charge is 0.264 e. The first-order chi connectivity index (χ1) is 23.0. The molecule has 2 amide bonds. The fourth-order valence-electron chi connectivity index (χ4n) is 7.41. The van der Waals surface area contributed by atoms with Crippen LogP contribution in [0.4, 0.5) is 11.6 Å². The van der Waals surface area contributed by atoms with Crippen LogP contribution in [-0.4, -0.2) is 48.7 Å². The number of nitrogens with one attached hydrogen (secondary N) is 1. The number of benzene rings is 2. The van der Waals surface area contributed by atoms with Gasteiger partial charge in [0.2, 0.25) is 11.8 Å². The fraction of sp³-hybridized carbons (Fsp3) is 0.514. The predicted octanol–water partition coefficient (Wildman–Crippen LogP) is 7.55. The number of aryl methyl sites for hydroxylation is 1. The lowest BCUT2D eigenvalue weighted by Crippen LogP contribution is -2.40. The summed E-state index contributed by atoms with van der Waals surface area (Å²) < 4.78 is 35.6. The van der Waals surface area contributed by atoms with Gasteiger partial charge >= 0.3 is 0 Å². The number of rotatable bonds is 11. The van der Waals surface area contributed by atoms with Gasteiger partial charge in [-0.3, -0.25) is 19.5 Å². The molecule has 10 nitrogen and oxygen atoms in total. The van der Waals surface area contributed by atoms with Crippen molar-refractivity contribution in [2.24, 2.45) is 10.9 Å². The standard InChI is InChI=1S/C37H47N5O5S/c1-5-6-18-33-38-37(21-12-13-22-37)36(44)42(33)24-27-19-20-29(31(23-27)41(4)35(43)28-14-8-7-9-15-28)30-16-10-11-17-32(30)48(45,46)40-34-25(2)26(3)39-47-34/h10-11,16-17,19-20,23,28,40H,5-9,12-15,18,21-22,24H2,1-4H3. The lowest BCUT2D eigenvalue weighted by atomic mass is 9.88. The number of sulfonamides is 1. The minimum absolute atomic E-state index is 0.0201. The van der Waals surface area contributed by atoms with Crippen molar-refractivity contribution in [2.45, 2.75) is 115 Å². The summed E-state index contributed by atoms with van der Waals surface area (Å²) >= 11 is 0. The number of aromatic nitrogens is 1. The molecule has 2 aliphatic carbocycles. The summed E-state index contributed by atoms with van der Waals surface area (Å²) in [7, 11) is -2.33. The minimum atomic E-state index is -4.11. The summed E-state index contributed by atoms with van der Waals surface area (Å²) in [5.74, 6) is 0.920. The number of carbonyl (C=O) groups is 2. The van der Waals surface area contributed by atoms with Crippen molar-refractivity contribution in [3.8, 4) is 11.1 Å². The molecule has 1 N–H and O–H groups in total. The lowest BCUT2D eigenvalue weighted by Gasteiger charge is -2.29. The van der Waals surface area contributed by atoms with Crippen LogP contribution >= 0.6 is 0 Å². The van der Waals surface area contributed by atoms with Crippen molar-refractivity contribution >= 4 is 39.2 Å². The summed E-state index contributed by atoms with van der Waals surface area (Å²) in [6.07, 6.45) is 11.1. The summed E-state index contributed by atoms with van der Waals surface area (Å²) in [5.41, 5.74) is 3.09. The SMILES string of the molecule is CCCCC1=NC2(CCCC2)C(=O)N1Cc1ccc(-c2ccccc2S(=O)(=O)Nc2onc(C)c2C)c(N(C)C(=O)C2CCCCC2)c1. The molecule has 2 fully saturated rings. The van der Waals surface area contributed by atoms with E-state index in [1.165, 1.54) is 0 Å². The van der Waals surface area contributed by atoms with Gasteiger partial charge in [-0.1, -0.05) is 80.9 Å². The number of hydrogen-bond acceptors (Lipinski definition) is 7. The van der Waals surface area contributed by atoms with Gasteiger partial charge < -0.3 is 9.42 Å². The van der Waals surface area contributed by atoms with E-state index in [9.17, 15) is 18.0 Å². The Morgan fingerprint density at radius 1 is 1.04 bits per heavy atom. The van der Waals surface area contributed by atoms with E-state index in [1.54, 1.807) is 50.1 Å². The number of nitrogens with zero attached hydrogens (tertiary/aromatic N) is 4. The zero-order valence-corrected chi connectivity index (χ0v) is 29.4. The Bertz CT molecular complexity index is 1820. The van der Waals surface area contributed by atoms with Gasteiger partial charge in [0.05, 0.1) is 22.8 Å². The van der Waals surface area contributed by atoms with E-state index in [4.69, 9.17) is 9.52 Å². The quantitative estimate of drug-likeness (QED) is 0.224. The van der Waals surface area contributed by atoms with Crippen molar-refractivity contribution in [1.29, 1.82) is 0 Å². The highest BCUT2D eigenvalue weighted by atomic mass is 32.2. The number of amides is 2. The second kappa shape index (κ2) is 13.9. The third-order valence-electron chi connectivity index (χ3n) is 10.4. The molecule has 0 bridgehead atoms. The number of carbonyl (C=O) groups excluding carboxylic acids is 2. The van der Waals surface area contributed by atoms with Crippen LogP contribution in [0.25, 0.3) is 11.1 Å². The maximum Gasteiger partial charge on any atom is 0.264 e. The average Bonchev–Trinajstić information content (AvgIpc) is 3.78. The Morgan fingerprint density at radius 2 is 1.77 bits per heavy atom. The number of aliphatic imine (C=N–C) groups is 1. The van der Waals surface area contributed by atoms with Crippen LogP contribution in [0.3, 0.4) is 0 Å². The number of amidine groups is 1. The fourth-order valence-corrected chi connectivity index (χ4v) is 8.68. The van der Waals surface area contributed by atoms with Crippen molar-refractivity contribution < 1.29 is 22.5 Å². The van der Waals surface area contributed by atoms with E-state index in [0.717, 1.165) is 88.4 Å². The first kappa shape index (κ1) is 33.9. The van der Waals surface area contributed by atoms with E-state index >= 15 is 0 Å². The van der Waals surface area contributed by atoms with Crippen molar-refractivity contribution in [3.63, 3.8) is 0 Å². The molecule has 6 rings (SSSR count). The van der Waals surface area contributed by atoms with E-state index in [-0.39, 0.29) is 28.5 Å². The number of anilines is 2. The zero-order valence-electron chi connectivity index (χ0n) is 28.5. The van der Waals surface area contributed by atoms with E-state index in [2.05, 4.69) is 16.8 Å². The molecular formula is C37H47N5O5S. The van der Waals surface area contributed by atoms with Crippen LogP contribution in [-0.2, 0) is 26.2 Å². The second-order valence-electron chi connectivity index (χ2n) is 13.7. The van der Waals surface area contributed by atoms with Crippen LogP contribution in [0.1, 0.15) is 101 Å². The van der Waals surface area contributed by atoms with Gasteiger partial charge in [-0.05, 0) is 63.6 Å². The third kappa shape index (κ3) is 6.53. The first-order valence-corrected chi connectivity index (χ1v) is 18.9. The van der Waals surface area contributed by atoms with Gasteiger partial charge in [-0.15, -0.1) is 0 Å². The topological polar surface area (TPSA) is 125 Å². The van der Waals surface area contributed by atoms with E-state index in [1.807, 2.05) is 23.1 Å². The molecule has 0 atom stereocenters. The largest absolute Gasteiger partial charge is 0.337 e. The van der Waals surface area contributed by atoms with Gasteiger partial charge in [0.25, 0.3) is 15.9 Å². The molecule has 3 aromatic rings. The van der Waals surface area contributed by atoms with Crippen LogP contribution < -0.4 is 9.62 Å². The van der Waals surface area contributed by atoms with E-state index < -0.39 is 15.6 Å². The van der Waals surface area contributed by atoms with Crippen LogP contribution in [0.2, 0.25) is 0 Å². The van der Waals surface area contributed by atoms with Crippen LogP contribution in [0.15, 0.2) is 56.9 Å². The third-order valence-corrected chi connectivity index (χ3v) is 11.8. The summed E-state index contributed by atoms with van der Waals surface area (Å²) in [6.45, 7) is 5.97. The molecule has 11 heteroatoms. The normalized spacial score (nSPS) is 18.0. The van der Waals surface area contributed by atoms with Gasteiger partial charge in [0.15, 0.2) is 0 Å². The maximum atomic E-state index is 14.0. The van der Waals surface area contributed by atoms with Crippen LogP contribution in [0, 0.1) is 19.8 Å². The highest BCUT2D eigenvalue weighted by molar-refractivity contribution is 7.92. The molecule has 3 aliphatic rings. The second-order valence-corrected chi connectivity index (χ2v) is 15.3. The number of hydrogen-bond donors (Lipinski definition) is 1. The Balaban J connectivity index is 1.40. The summed E-state index contributed by atoms with van der Waals surface area (Å²) in [6, 6.07) is 12.5. The molecule has 1 aliphatic heterocycles. The molecule has 0 unspecified atom stereocenters. The van der Waals surface area contributed by atoms with Crippen LogP contribution in [0.5, 0.6) is 0 Å². The Hall–Kier alpha value is -3.99. The Morgan fingerprint density at radius 3 is 2.46 bits per heavy atom. The molecule has 256 valence electrons. The van der Waals surface area contributed by atoms with Crippen molar-refractivity contribution in [1.82, 2.24) is 10.1 Å². The minimum Gasteiger partial charge on any atom is -0.337 e. The van der Waals surface area contributed by atoms with E-state index in [0.29, 0.717) is 34.6 Å². The van der Waals surface area contributed by atoms with Gasteiger partial charge in [0, 0.05) is 36.1 Å². The lowest BCUT2D eigenvalue weighted by molar-refractivity contribution is -0.131. The molecule has 1 aromatic heterocycles. The molecular weight excluding hydrogens is 627 g/mol. The Kier molecular flexibility index (Phi) is 9.79. The molecule has 48 heavy (non-hydrogen) atoms. The highest BCUT2D eigenvalue weighted by Crippen LogP contribution is 2.42. The molecule has 1 spiro atoms. The highest BCUT2D eigenvalue weighted by Gasteiger charge is 2.49. The molecule has 2 aromatic carbocycles. The summed E-state index contributed by atoms with van der Waals surface area (Å²) in [4.78, 5) is 36.6. The summed E-state index contributed by atoms with van der Waals surface area (Å²) in [5, 5.41) is 3.90. The number of unbranched alkanes of at least 4 members (excludes halogenated alkanes) is 1. The van der Waals surface area contributed by atoms with Gasteiger partial charge in [-0.2, -0.15) is 0 Å².